The van der Waals surface area contributed by atoms with Gasteiger partial charge in [-0.25, -0.2) is 12.7 Å². The van der Waals surface area contributed by atoms with Crippen LogP contribution < -0.4 is 5.32 Å². The highest BCUT2D eigenvalue weighted by atomic mass is 32.2. The van der Waals surface area contributed by atoms with Crippen LogP contribution in [0.1, 0.15) is 62.9 Å². The predicted octanol–water partition coefficient (Wildman–Crippen LogP) is 4.99. The van der Waals surface area contributed by atoms with Gasteiger partial charge in [0.25, 0.3) is 15.9 Å². The minimum absolute atomic E-state index is 0.0447. The summed E-state index contributed by atoms with van der Waals surface area (Å²) in [5.74, 6) is 0.415. The number of nitrogens with zero attached hydrogens (tertiary/aromatic N) is 4. The van der Waals surface area contributed by atoms with Crippen molar-refractivity contribution in [2.75, 3.05) is 39.0 Å². The van der Waals surface area contributed by atoms with E-state index in [4.69, 9.17) is 8.83 Å². The van der Waals surface area contributed by atoms with Crippen molar-refractivity contribution in [3.63, 3.8) is 0 Å². The second-order valence-corrected chi connectivity index (χ2v) is 12.7. The predicted molar refractivity (Wildman–Crippen MR) is 142 cm³/mol. The summed E-state index contributed by atoms with van der Waals surface area (Å²) in [6.07, 6.45) is 3.55. The fourth-order valence-electron chi connectivity index (χ4n) is 4.46. The van der Waals surface area contributed by atoms with Crippen LogP contribution in [0.15, 0.2) is 50.3 Å². The molecule has 3 heterocycles. The molecule has 1 N–H and O–H groups in total. The molecule has 1 fully saturated rings. The van der Waals surface area contributed by atoms with Gasteiger partial charge < -0.3 is 14.2 Å². The number of nitriles is 1. The topological polar surface area (TPSA) is 116 Å². The third kappa shape index (κ3) is 5.90. The van der Waals surface area contributed by atoms with E-state index < -0.39 is 10.0 Å². The number of aromatic nitrogens is 1. The fourth-order valence-corrected chi connectivity index (χ4v) is 5.25. The highest BCUT2D eigenvalue weighted by molar-refractivity contribution is 7.88. The first-order chi connectivity index (χ1) is 17.5. The van der Waals surface area contributed by atoms with Crippen LogP contribution in [0.3, 0.4) is 0 Å². The van der Waals surface area contributed by atoms with Gasteiger partial charge in [0.15, 0.2) is 5.76 Å². The van der Waals surface area contributed by atoms with Crippen molar-refractivity contribution in [1.82, 2.24) is 14.2 Å². The molecule has 1 aliphatic heterocycles. The Bertz CT molecular complexity index is 1350. The molecule has 1 saturated heterocycles. The Morgan fingerprint density at radius 2 is 1.76 bits per heavy atom. The Morgan fingerprint density at radius 3 is 2.35 bits per heavy atom. The van der Waals surface area contributed by atoms with Crippen molar-refractivity contribution in [3.8, 4) is 17.7 Å². The molecule has 198 valence electrons. The molecule has 2 aromatic heterocycles. The Labute approximate surface area is 219 Å². The van der Waals surface area contributed by atoms with Gasteiger partial charge >= 0.3 is 0 Å². The van der Waals surface area contributed by atoms with Crippen molar-refractivity contribution in [2.45, 2.75) is 56.6 Å². The number of benzene rings is 1. The summed E-state index contributed by atoms with van der Waals surface area (Å²) in [7, 11) is -0.890. The van der Waals surface area contributed by atoms with Gasteiger partial charge in [-0.2, -0.15) is 10.2 Å². The van der Waals surface area contributed by atoms with Crippen molar-refractivity contribution in [2.24, 2.45) is 0 Å². The van der Waals surface area contributed by atoms with E-state index >= 15 is 0 Å². The van der Waals surface area contributed by atoms with Crippen LogP contribution in [0.2, 0.25) is 0 Å². The molecule has 1 atom stereocenters. The molecule has 10 heteroatoms. The largest absolute Gasteiger partial charge is 0.438 e. The quantitative estimate of drug-likeness (QED) is 0.437. The van der Waals surface area contributed by atoms with Crippen molar-refractivity contribution < 1.29 is 17.3 Å². The van der Waals surface area contributed by atoms with E-state index in [0.29, 0.717) is 6.54 Å². The number of furan rings is 1. The van der Waals surface area contributed by atoms with Gasteiger partial charge in [0, 0.05) is 20.6 Å². The Hall–Kier alpha value is -3.13. The molecule has 9 nitrogen and oxygen atoms in total. The first-order valence-corrected chi connectivity index (χ1v) is 14.0. The zero-order valence-electron chi connectivity index (χ0n) is 22.1. The Balaban J connectivity index is 1.57. The molecule has 0 saturated carbocycles. The summed E-state index contributed by atoms with van der Waals surface area (Å²) < 4.78 is 37.1. The first-order valence-electron chi connectivity index (χ1n) is 12.5. The maximum absolute atomic E-state index is 12.4. The van der Waals surface area contributed by atoms with Gasteiger partial charge in [-0.3, -0.25) is 4.90 Å². The summed E-state index contributed by atoms with van der Waals surface area (Å²) in [6, 6.07) is 13.7. The number of anilines is 1. The lowest BCUT2D eigenvalue weighted by atomic mass is 9.86. The summed E-state index contributed by atoms with van der Waals surface area (Å²) in [4.78, 5) is 6.70. The van der Waals surface area contributed by atoms with Crippen molar-refractivity contribution >= 4 is 15.9 Å². The maximum Gasteiger partial charge on any atom is 0.275 e. The molecule has 4 rings (SSSR count). The summed E-state index contributed by atoms with van der Waals surface area (Å²) >= 11 is 0. The van der Waals surface area contributed by atoms with Crippen molar-refractivity contribution in [1.29, 1.82) is 5.26 Å². The maximum atomic E-state index is 12.4. The highest BCUT2D eigenvalue weighted by Gasteiger charge is 2.27. The van der Waals surface area contributed by atoms with E-state index in [1.165, 1.54) is 43.8 Å². The number of sulfonamides is 1. The second-order valence-electron chi connectivity index (χ2n) is 10.6. The van der Waals surface area contributed by atoms with E-state index in [1.54, 1.807) is 0 Å². The van der Waals surface area contributed by atoms with Crippen LogP contribution in [0, 0.1) is 11.3 Å². The number of piperidine rings is 1. The molecule has 1 unspecified atom stereocenters. The van der Waals surface area contributed by atoms with Crippen LogP contribution in [0.5, 0.6) is 0 Å². The second kappa shape index (κ2) is 10.7. The third-order valence-corrected chi connectivity index (χ3v) is 8.40. The number of oxazole rings is 1. The monoisotopic (exact) mass is 525 g/mol. The van der Waals surface area contributed by atoms with E-state index in [2.05, 4.69) is 66.3 Å². The molecule has 0 bridgehead atoms. The Kier molecular flexibility index (Phi) is 7.78. The lowest BCUT2D eigenvalue weighted by Gasteiger charge is -2.35. The van der Waals surface area contributed by atoms with Gasteiger partial charge in [0.2, 0.25) is 16.7 Å². The standard InChI is InChI=1S/C27H35N5O4S/c1-27(2,3)20-11-9-19(10-12-20)22(32-15-7-6-8-16-32)18-29-25-21(17-28)30-26(36-25)23-13-14-24(35-23)37(33,34)31(4)5/h9-14,22,29H,6-8,15-16,18H2,1-5H3. The average Bonchev–Trinajstić information content (AvgIpc) is 3.52. The number of rotatable bonds is 8. The smallest absolute Gasteiger partial charge is 0.275 e. The molecule has 0 radical (unpaired) electrons. The van der Waals surface area contributed by atoms with Crippen LogP contribution in [-0.4, -0.2) is 56.3 Å². The number of likely N-dealkylation sites (tertiary alicyclic amines) is 1. The molecule has 3 aromatic rings. The molecule has 37 heavy (non-hydrogen) atoms. The van der Waals surface area contributed by atoms with Gasteiger partial charge in [-0.1, -0.05) is 51.5 Å². The van der Waals surface area contributed by atoms with E-state index in [0.717, 1.165) is 30.2 Å². The number of nitrogens with one attached hydrogen (secondary N) is 1. The highest BCUT2D eigenvalue weighted by Crippen LogP contribution is 2.32. The van der Waals surface area contributed by atoms with Crippen LogP contribution in [0.4, 0.5) is 5.88 Å². The van der Waals surface area contributed by atoms with Crippen LogP contribution in [0.25, 0.3) is 11.7 Å². The van der Waals surface area contributed by atoms with Gasteiger partial charge in [-0.05, 0) is 54.6 Å². The zero-order valence-corrected chi connectivity index (χ0v) is 22.9. The number of hydrogen-bond acceptors (Lipinski definition) is 8. The van der Waals surface area contributed by atoms with E-state index in [1.807, 2.05) is 0 Å². The van der Waals surface area contributed by atoms with E-state index in [9.17, 15) is 13.7 Å². The van der Waals surface area contributed by atoms with Gasteiger partial charge in [0.05, 0.1) is 6.04 Å². The lowest BCUT2D eigenvalue weighted by molar-refractivity contribution is 0.170. The van der Waals surface area contributed by atoms with Crippen molar-refractivity contribution in [3.05, 3.63) is 53.2 Å². The SMILES string of the molecule is CN(C)S(=O)(=O)c1ccc(-c2nc(C#N)c(NCC(c3ccc(C(C)(C)C)cc3)N3CCCCC3)o2)o1. The summed E-state index contributed by atoms with van der Waals surface area (Å²) in [5, 5.41) is 12.7. The Morgan fingerprint density at radius 1 is 1.08 bits per heavy atom. The van der Waals surface area contributed by atoms with Gasteiger partial charge in [-0.15, -0.1) is 0 Å². The van der Waals surface area contributed by atoms with Crippen LogP contribution in [-0.2, 0) is 15.4 Å². The molecule has 0 amide bonds. The van der Waals surface area contributed by atoms with E-state index in [-0.39, 0.29) is 39.8 Å². The molecular weight excluding hydrogens is 490 g/mol. The molecule has 0 spiro atoms. The number of hydrogen-bond donors (Lipinski definition) is 1. The molecule has 1 aliphatic rings. The molecule has 1 aromatic carbocycles. The summed E-state index contributed by atoms with van der Waals surface area (Å²) in [5.41, 5.74) is 2.64. The normalized spacial score (nSPS) is 16.0. The molecular formula is C27H35N5O4S. The average molecular weight is 526 g/mol. The summed E-state index contributed by atoms with van der Waals surface area (Å²) in [6.45, 7) is 9.15. The third-order valence-electron chi connectivity index (χ3n) is 6.71. The lowest BCUT2D eigenvalue weighted by Crippen LogP contribution is -2.37. The first kappa shape index (κ1) is 26.9. The molecule has 0 aliphatic carbocycles. The minimum atomic E-state index is -3.74. The van der Waals surface area contributed by atoms with Crippen LogP contribution >= 0.6 is 0 Å². The zero-order chi connectivity index (χ0) is 26.8. The minimum Gasteiger partial charge on any atom is -0.438 e. The fraction of sp³-hybridized carbons (Fsp3) is 0.481. The van der Waals surface area contributed by atoms with Gasteiger partial charge in [0.1, 0.15) is 6.07 Å².